The Balaban J connectivity index is 2.36. The Bertz CT molecular complexity index is 638. The minimum Gasteiger partial charge on any atom is -0.465 e. The zero-order valence-electron chi connectivity index (χ0n) is 11.1. The Morgan fingerprint density at radius 1 is 1.37 bits per heavy atom. The summed E-state index contributed by atoms with van der Waals surface area (Å²) in [7, 11) is 1.32. The summed E-state index contributed by atoms with van der Waals surface area (Å²) in [6, 6.07) is 4.90. The van der Waals surface area contributed by atoms with Gasteiger partial charge in [-0.25, -0.2) is 9.59 Å². The number of hydrogen-bond acceptors (Lipinski definition) is 4. The van der Waals surface area contributed by atoms with Crippen LogP contribution >= 0.6 is 0 Å². The van der Waals surface area contributed by atoms with Gasteiger partial charge in [-0.2, -0.15) is 0 Å². The topological polar surface area (TPSA) is 61.4 Å². The predicted molar refractivity (Wildman–Crippen MR) is 71.3 cm³/mol. The summed E-state index contributed by atoms with van der Waals surface area (Å²) >= 11 is 0. The summed E-state index contributed by atoms with van der Waals surface area (Å²) in [5.41, 5.74) is 1.52. The molecule has 5 nitrogen and oxygen atoms in total. The summed E-state index contributed by atoms with van der Waals surface area (Å²) in [6.45, 7) is 2.75. The molecule has 0 saturated heterocycles. The lowest BCUT2D eigenvalue weighted by Crippen LogP contribution is -2.14. The van der Waals surface area contributed by atoms with Crippen LogP contribution in [0.5, 0.6) is 0 Å². The monoisotopic (exact) mass is 263 g/mol. The number of esters is 1. The maximum Gasteiger partial charge on any atom is 0.419 e. The number of carbonyl (C=O) groups is 1. The molecule has 5 heteroatoms. The molecule has 1 aromatic heterocycles. The van der Waals surface area contributed by atoms with E-state index in [4.69, 9.17) is 4.42 Å². The van der Waals surface area contributed by atoms with Crippen LogP contribution < -0.4 is 5.76 Å². The fourth-order valence-electron chi connectivity index (χ4n) is 2.04. The van der Waals surface area contributed by atoms with Gasteiger partial charge in [-0.1, -0.05) is 19.8 Å². The van der Waals surface area contributed by atoms with Gasteiger partial charge >= 0.3 is 11.7 Å². The fraction of sp³-hybridized carbons (Fsp3) is 0.429. The van der Waals surface area contributed by atoms with Crippen LogP contribution in [0.2, 0.25) is 0 Å². The van der Waals surface area contributed by atoms with Crippen LogP contribution in [0.1, 0.15) is 36.5 Å². The highest BCUT2D eigenvalue weighted by atomic mass is 16.5. The molecule has 0 aliphatic carbocycles. The molecule has 1 heterocycles. The second-order valence-corrected chi connectivity index (χ2v) is 4.40. The number of ether oxygens (including phenoxy) is 1. The van der Waals surface area contributed by atoms with Crippen molar-refractivity contribution in [3.8, 4) is 0 Å². The molecular weight excluding hydrogens is 246 g/mol. The van der Waals surface area contributed by atoms with Crippen LogP contribution in [0.3, 0.4) is 0 Å². The van der Waals surface area contributed by atoms with Crippen molar-refractivity contribution in [2.24, 2.45) is 0 Å². The number of hydrogen-bond donors (Lipinski definition) is 0. The highest BCUT2D eigenvalue weighted by molar-refractivity contribution is 5.93. The maximum absolute atomic E-state index is 11.8. The number of methoxy groups -OCH3 is 1. The third-order valence-electron chi connectivity index (χ3n) is 3.07. The van der Waals surface area contributed by atoms with E-state index in [9.17, 15) is 9.59 Å². The SMILES string of the molecule is CCCCCn1c(=O)oc2cc(C(=O)OC)ccc21. The highest BCUT2D eigenvalue weighted by Gasteiger charge is 2.12. The fourth-order valence-corrected chi connectivity index (χ4v) is 2.04. The van der Waals surface area contributed by atoms with Crippen molar-refractivity contribution >= 4 is 17.1 Å². The zero-order chi connectivity index (χ0) is 13.8. The minimum absolute atomic E-state index is 0.379. The van der Waals surface area contributed by atoms with E-state index in [1.807, 2.05) is 0 Å². The van der Waals surface area contributed by atoms with E-state index < -0.39 is 5.97 Å². The second-order valence-electron chi connectivity index (χ2n) is 4.40. The molecule has 2 aromatic rings. The lowest BCUT2D eigenvalue weighted by Gasteiger charge is -2.02. The molecule has 0 amide bonds. The van der Waals surface area contributed by atoms with Crippen LogP contribution in [0.4, 0.5) is 0 Å². The van der Waals surface area contributed by atoms with E-state index in [1.165, 1.54) is 7.11 Å². The number of oxazole rings is 1. The first-order chi connectivity index (χ1) is 9.17. The first-order valence-corrected chi connectivity index (χ1v) is 6.39. The van der Waals surface area contributed by atoms with E-state index >= 15 is 0 Å². The van der Waals surface area contributed by atoms with Crippen LogP contribution in [0.15, 0.2) is 27.4 Å². The summed E-state index contributed by atoms with van der Waals surface area (Å²) in [5, 5.41) is 0. The Morgan fingerprint density at radius 2 is 2.16 bits per heavy atom. The van der Waals surface area contributed by atoms with Crippen LogP contribution in [0, 0.1) is 0 Å². The van der Waals surface area contributed by atoms with Crippen molar-refractivity contribution in [1.29, 1.82) is 0 Å². The van der Waals surface area contributed by atoms with Gasteiger partial charge in [0.2, 0.25) is 0 Å². The Morgan fingerprint density at radius 3 is 2.84 bits per heavy atom. The van der Waals surface area contributed by atoms with Crippen molar-refractivity contribution in [2.75, 3.05) is 7.11 Å². The highest BCUT2D eigenvalue weighted by Crippen LogP contribution is 2.16. The van der Waals surface area contributed by atoms with Crippen LogP contribution in [0.25, 0.3) is 11.1 Å². The van der Waals surface area contributed by atoms with Gasteiger partial charge in [0.15, 0.2) is 5.58 Å². The minimum atomic E-state index is -0.441. The first-order valence-electron chi connectivity index (χ1n) is 6.39. The number of rotatable bonds is 5. The van der Waals surface area contributed by atoms with Crippen molar-refractivity contribution in [2.45, 2.75) is 32.7 Å². The van der Waals surface area contributed by atoms with Gasteiger partial charge in [0.25, 0.3) is 0 Å². The van der Waals surface area contributed by atoms with Gasteiger partial charge in [-0.05, 0) is 24.6 Å². The summed E-state index contributed by atoms with van der Waals surface area (Å²) in [6.07, 6.45) is 3.10. The molecule has 2 rings (SSSR count). The van der Waals surface area contributed by atoms with Crippen LogP contribution in [-0.4, -0.2) is 17.6 Å². The number of benzene rings is 1. The summed E-state index contributed by atoms with van der Waals surface area (Å²) in [4.78, 5) is 23.2. The molecule has 0 atom stereocenters. The number of aryl methyl sites for hydroxylation is 1. The average molecular weight is 263 g/mol. The molecule has 102 valence electrons. The third kappa shape index (κ3) is 2.70. The van der Waals surface area contributed by atoms with Crippen molar-refractivity contribution in [1.82, 2.24) is 4.57 Å². The molecule has 0 radical (unpaired) electrons. The normalized spacial score (nSPS) is 10.8. The maximum atomic E-state index is 11.8. The van der Waals surface area contributed by atoms with Gasteiger partial charge in [-0.15, -0.1) is 0 Å². The van der Waals surface area contributed by atoms with Gasteiger partial charge in [-0.3, -0.25) is 4.57 Å². The van der Waals surface area contributed by atoms with Gasteiger partial charge in [0.1, 0.15) is 0 Å². The van der Waals surface area contributed by atoms with Crippen molar-refractivity contribution in [3.63, 3.8) is 0 Å². The van der Waals surface area contributed by atoms with Crippen molar-refractivity contribution < 1.29 is 13.9 Å². The molecule has 0 aliphatic heterocycles. The molecule has 0 aliphatic rings. The molecule has 19 heavy (non-hydrogen) atoms. The quantitative estimate of drug-likeness (QED) is 0.614. The van der Waals surface area contributed by atoms with E-state index in [0.29, 0.717) is 23.2 Å². The lowest BCUT2D eigenvalue weighted by molar-refractivity contribution is 0.0601. The number of nitrogens with zero attached hydrogens (tertiary/aromatic N) is 1. The Hall–Kier alpha value is -2.04. The first kappa shape index (κ1) is 13.4. The van der Waals surface area contributed by atoms with E-state index in [0.717, 1.165) is 19.3 Å². The summed E-state index contributed by atoms with van der Waals surface area (Å²) in [5.74, 6) is -0.823. The van der Waals surface area contributed by atoms with E-state index in [1.54, 1.807) is 22.8 Å². The van der Waals surface area contributed by atoms with E-state index in [2.05, 4.69) is 11.7 Å². The third-order valence-corrected chi connectivity index (χ3v) is 3.07. The summed E-state index contributed by atoms with van der Waals surface area (Å²) < 4.78 is 11.4. The Labute approximate surface area is 110 Å². The lowest BCUT2D eigenvalue weighted by atomic mass is 10.2. The Kier molecular flexibility index (Phi) is 4.04. The standard InChI is InChI=1S/C14H17NO4/c1-3-4-5-8-15-11-7-6-10(13(16)18-2)9-12(11)19-14(15)17/h6-7,9H,3-5,8H2,1-2H3. The van der Waals surface area contributed by atoms with Gasteiger partial charge in [0.05, 0.1) is 18.2 Å². The molecule has 0 N–H and O–H groups in total. The molecule has 0 spiro atoms. The smallest absolute Gasteiger partial charge is 0.419 e. The number of fused-ring (bicyclic) bond motifs is 1. The molecule has 0 fully saturated rings. The van der Waals surface area contributed by atoms with Crippen LogP contribution in [-0.2, 0) is 11.3 Å². The number of aromatic nitrogens is 1. The number of carbonyl (C=O) groups excluding carboxylic acids is 1. The molecule has 1 aromatic carbocycles. The largest absolute Gasteiger partial charge is 0.465 e. The molecule has 0 unspecified atom stereocenters. The second kappa shape index (κ2) is 5.73. The van der Waals surface area contributed by atoms with E-state index in [-0.39, 0.29) is 5.76 Å². The predicted octanol–water partition coefficient (Wildman–Crippen LogP) is 2.57. The zero-order valence-corrected chi connectivity index (χ0v) is 11.1. The average Bonchev–Trinajstić information content (AvgIpc) is 2.73. The van der Waals surface area contributed by atoms with Gasteiger partial charge in [0, 0.05) is 6.54 Å². The molecule has 0 saturated carbocycles. The molecular formula is C14H17NO4. The molecule has 0 bridgehead atoms. The number of unbranched alkanes of at least 4 members (excludes halogenated alkanes) is 2. The van der Waals surface area contributed by atoms with Gasteiger partial charge < -0.3 is 9.15 Å². The van der Waals surface area contributed by atoms with Crippen molar-refractivity contribution in [3.05, 3.63) is 34.3 Å².